The van der Waals surface area contributed by atoms with Crippen LogP contribution in [0.2, 0.25) is 0 Å². The van der Waals surface area contributed by atoms with Crippen molar-refractivity contribution in [2.24, 2.45) is 0 Å². The SMILES string of the molecule is Cc1ccnc(NC(=O)c2ccc3cccc(O)c3n2)c1. The normalized spacial score (nSPS) is 10.5. The summed E-state index contributed by atoms with van der Waals surface area (Å²) < 4.78 is 0. The summed E-state index contributed by atoms with van der Waals surface area (Å²) in [6, 6.07) is 12.1. The molecule has 0 aliphatic rings. The summed E-state index contributed by atoms with van der Waals surface area (Å²) in [5, 5.41) is 13.3. The number of aromatic nitrogens is 2. The summed E-state index contributed by atoms with van der Waals surface area (Å²) in [6.07, 6.45) is 1.63. The third-order valence-corrected chi connectivity index (χ3v) is 3.09. The van der Waals surface area contributed by atoms with Crippen molar-refractivity contribution in [3.05, 3.63) is 59.9 Å². The lowest BCUT2D eigenvalue weighted by atomic mass is 10.2. The van der Waals surface area contributed by atoms with E-state index >= 15 is 0 Å². The number of nitrogens with zero attached hydrogens (tertiary/aromatic N) is 2. The molecule has 1 amide bonds. The minimum atomic E-state index is -0.363. The number of nitrogens with one attached hydrogen (secondary N) is 1. The fraction of sp³-hybridized carbons (Fsp3) is 0.0625. The van der Waals surface area contributed by atoms with Crippen molar-refractivity contribution in [3.8, 4) is 5.75 Å². The summed E-state index contributed by atoms with van der Waals surface area (Å²) in [5.74, 6) is 0.160. The number of para-hydroxylation sites is 1. The van der Waals surface area contributed by atoms with Crippen LogP contribution in [0.4, 0.5) is 5.82 Å². The largest absolute Gasteiger partial charge is 0.506 e. The molecule has 2 N–H and O–H groups in total. The Hall–Kier alpha value is -2.95. The number of fused-ring (bicyclic) bond motifs is 1. The summed E-state index contributed by atoms with van der Waals surface area (Å²) in [6.45, 7) is 1.92. The maximum absolute atomic E-state index is 12.2. The Labute approximate surface area is 121 Å². The number of carbonyl (C=O) groups excluding carboxylic acids is 1. The van der Waals surface area contributed by atoms with Gasteiger partial charge in [-0.1, -0.05) is 18.2 Å². The molecule has 21 heavy (non-hydrogen) atoms. The van der Waals surface area contributed by atoms with Crippen LogP contribution in [0.5, 0.6) is 5.75 Å². The molecule has 3 aromatic rings. The Balaban J connectivity index is 1.93. The Morgan fingerprint density at radius 2 is 2.05 bits per heavy atom. The molecule has 0 fully saturated rings. The van der Waals surface area contributed by atoms with E-state index in [4.69, 9.17) is 0 Å². The highest BCUT2D eigenvalue weighted by atomic mass is 16.3. The first-order valence-electron chi connectivity index (χ1n) is 6.46. The molecule has 3 rings (SSSR count). The fourth-order valence-electron chi connectivity index (χ4n) is 2.04. The number of hydrogen-bond donors (Lipinski definition) is 2. The molecule has 2 heterocycles. The molecule has 0 saturated carbocycles. The van der Waals surface area contributed by atoms with Gasteiger partial charge in [0.2, 0.25) is 0 Å². The minimum Gasteiger partial charge on any atom is -0.506 e. The van der Waals surface area contributed by atoms with Crippen LogP contribution >= 0.6 is 0 Å². The number of phenolic OH excluding ortho intramolecular Hbond substituents is 1. The molecular formula is C16H13N3O2. The van der Waals surface area contributed by atoms with E-state index in [-0.39, 0.29) is 17.4 Å². The Kier molecular flexibility index (Phi) is 3.23. The maximum Gasteiger partial charge on any atom is 0.275 e. The first-order valence-corrected chi connectivity index (χ1v) is 6.46. The van der Waals surface area contributed by atoms with E-state index in [1.165, 1.54) is 0 Å². The molecule has 0 atom stereocenters. The van der Waals surface area contributed by atoms with Gasteiger partial charge in [0, 0.05) is 11.6 Å². The van der Waals surface area contributed by atoms with Gasteiger partial charge in [-0.2, -0.15) is 0 Å². The first-order chi connectivity index (χ1) is 10.1. The quantitative estimate of drug-likeness (QED) is 0.756. The van der Waals surface area contributed by atoms with Crippen molar-refractivity contribution >= 4 is 22.6 Å². The van der Waals surface area contributed by atoms with Crippen molar-refractivity contribution in [2.45, 2.75) is 6.92 Å². The second-order valence-corrected chi connectivity index (χ2v) is 4.72. The van der Waals surface area contributed by atoms with Gasteiger partial charge in [-0.3, -0.25) is 4.79 Å². The van der Waals surface area contributed by atoms with Gasteiger partial charge in [0.15, 0.2) is 0 Å². The monoisotopic (exact) mass is 279 g/mol. The second kappa shape index (κ2) is 5.20. The lowest BCUT2D eigenvalue weighted by Crippen LogP contribution is -2.14. The molecule has 5 nitrogen and oxygen atoms in total. The Morgan fingerprint density at radius 1 is 1.19 bits per heavy atom. The van der Waals surface area contributed by atoms with E-state index in [1.54, 1.807) is 36.5 Å². The van der Waals surface area contributed by atoms with E-state index in [0.29, 0.717) is 11.3 Å². The lowest BCUT2D eigenvalue weighted by molar-refractivity contribution is 0.102. The van der Waals surface area contributed by atoms with E-state index in [1.807, 2.05) is 19.1 Å². The van der Waals surface area contributed by atoms with Gasteiger partial charge in [0.05, 0.1) is 0 Å². The fourth-order valence-corrected chi connectivity index (χ4v) is 2.04. The Morgan fingerprint density at radius 3 is 2.86 bits per heavy atom. The number of carbonyl (C=O) groups is 1. The predicted octanol–water partition coefficient (Wildman–Crippen LogP) is 2.90. The zero-order valence-electron chi connectivity index (χ0n) is 11.4. The molecule has 0 bridgehead atoms. The Bertz CT molecular complexity index is 831. The third-order valence-electron chi connectivity index (χ3n) is 3.09. The zero-order chi connectivity index (χ0) is 14.8. The second-order valence-electron chi connectivity index (χ2n) is 4.72. The topological polar surface area (TPSA) is 75.1 Å². The van der Waals surface area contributed by atoms with Crippen LogP contribution in [0.25, 0.3) is 10.9 Å². The number of aryl methyl sites for hydroxylation is 1. The molecule has 0 aliphatic carbocycles. The van der Waals surface area contributed by atoms with Crippen LogP contribution in [0.15, 0.2) is 48.7 Å². The summed E-state index contributed by atoms with van der Waals surface area (Å²) >= 11 is 0. The highest BCUT2D eigenvalue weighted by Crippen LogP contribution is 2.22. The van der Waals surface area contributed by atoms with Crippen LogP contribution in [-0.4, -0.2) is 21.0 Å². The number of benzene rings is 1. The van der Waals surface area contributed by atoms with Gasteiger partial charge >= 0.3 is 0 Å². The molecule has 0 spiro atoms. The van der Waals surface area contributed by atoms with Gasteiger partial charge in [-0.05, 0) is 36.8 Å². The van der Waals surface area contributed by atoms with Crippen molar-refractivity contribution in [1.29, 1.82) is 0 Å². The lowest BCUT2D eigenvalue weighted by Gasteiger charge is -2.06. The zero-order valence-corrected chi connectivity index (χ0v) is 11.4. The van der Waals surface area contributed by atoms with Crippen molar-refractivity contribution in [2.75, 3.05) is 5.32 Å². The average molecular weight is 279 g/mol. The molecule has 2 aromatic heterocycles. The molecule has 0 unspecified atom stereocenters. The van der Waals surface area contributed by atoms with Crippen molar-refractivity contribution in [3.63, 3.8) is 0 Å². The number of hydrogen-bond acceptors (Lipinski definition) is 4. The van der Waals surface area contributed by atoms with Crippen LogP contribution in [0, 0.1) is 6.92 Å². The van der Waals surface area contributed by atoms with E-state index in [9.17, 15) is 9.90 Å². The standard InChI is InChI=1S/C16H13N3O2/c1-10-7-8-17-14(9-10)19-16(21)12-6-5-11-3-2-4-13(20)15(11)18-12/h2-9,20H,1H3,(H,17,19,21). The van der Waals surface area contributed by atoms with Crippen LogP contribution < -0.4 is 5.32 Å². The molecule has 0 saturated heterocycles. The van der Waals surface area contributed by atoms with Crippen molar-refractivity contribution < 1.29 is 9.90 Å². The number of phenols is 1. The molecule has 1 aromatic carbocycles. The highest BCUT2D eigenvalue weighted by Gasteiger charge is 2.10. The van der Waals surface area contributed by atoms with Gasteiger partial charge in [-0.15, -0.1) is 0 Å². The van der Waals surface area contributed by atoms with Gasteiger partial charge < -0.3 is 10.4 Å². The number of rotatable bonds is 2. The van der Waals surface area contributed by atoms with E-state index in [0.717, 1.165) is 10.9 Å². The molecule has 0 radical (unpaired) electrons. The van der Waals surface area contributed by atoms with Gasteiger partial charge in [-0.25, -0.2) is 9.97 Å². The molecule has 5 heteroatoms. The van der Waals surface area contributed by atoms with Crippen LogP contribution in [0.3, 0.4) is 0 Å². The van der Waals surface area contributed by atoms with Crippen LogP contribution in [-0.2, 0) is 0 Å². The van der Waals surface area contributed by atoms with E-state index in [2.05, 4.69) is 15.3 Å². The van der Waals surface area contributed by atoms with Crippen LogP contribution in [0.1, 0.15) is 16.1 Å². The number of anilines is 1. The average Bonchev–Trinajstić information content (AvgIpc) is 2.47. The van der Waals surface area contributed by atoms with Gasteiger partial charge in [0.25, 0.3) is 5.91 Å². The summed E-state index contributed by atoms with van der Waals surface area (Å²) in [7, 11) is 0. The smallest absolute Gasteiger partial charge is 0.275 e. The third kappa shape index (κ3) is 2.67. The number of amides is 1. The number of pyridine rings is 2. The summed E-state index contributed by atoms with van der Waals surface area (Å²) in [5.41, 5.74) is 1.64. The molecular weight excluding hydrogens is 266 g/mol. The summed E-state index contributed by atoms with van der Waals surface area (Å²) in [4.78, 5) is 20.5. The maximum atomic E-state index is 12.2. The van der Waals surface area contributed by atoms with Crippen molar-refractivity contribution in [1.82, 2.24) is 9.97 Å². The number of aromatic hydroxyl groups is 1. The minimum absolute atomic E-state index is 0.0517. The van der Waals surface area contributed by atoms with Gasteiger partial charge in [0.1, 0.15) is 22.8 Å². The molecule has 0 aliphatic heterocycles. The highest BCUT2D eigenvalue weighted by molar-refractivity contribution is 6.03. The molecule has 104 valence electrons. The first kappa shape index (κ1) is 13.1. The van der Waals surface area contributed by atoms with E-state index < -0.39 is 0 Å². The predicted molar refractivity (Wildman–Crippen MR) is 80.3 cm³/mol.